The molecule has 2 aromatic carbocycles. The van der Waals surface area contributed by atoms with Crippen molar-refractivity contribution < 1.29 is 14.3 Å². The molecule has 25 heavy (non-hydrogen) atoms. The number of esters is 1. The van der Waals surface area contributed by atoms with Gasteiger partial charge >= 0.3 is 5.97 Å². The molecule has 0 heterocycles. The number of hydrogen-bond acceptors (Lipinski definition) is 4. The summed E-state index contributed by atoms with van der Waals surface area (Å²) in [5.41, 5.74) is 7.71. The van der Waals surface area contributed by atoms with Gasteiger partial charge in [-0.25, -0.2) is 4.79 Å². The number of amides is 1. The lowest BCUT2D eigenvalue weighted by Gasteiger charge is -2.23. The number of ether oxygens (including phenoxy) is 1. The van der Waals surface area contributed by atoms with Gasteiger partial charge in [0.2, 0.25) is 5.91 Å². The molecule has 1 aliphatic carbocycles. The second-order valence-corrected chi connectivity index (χ2v) is 6.28. The molecule has 0 aromatic heterocycles. The molecule has 0 saturated heterocycles. The van der Waals surface area contributed by atoms with E-state index in [0.29, 0.717) is 0 Å². The van der Waals surface area contributed by atoms with E-state index >= 15 is 0 Å². The quantitative estimate of drug-likeness (QED) is 0.508. The van der Waals surface area contributed by atoms with E-state index in [1.807, 2.05) is 36.4 Å². The van der Waals surface area contributed by atoms with Gasteiger partial charge in [0.15, 0.2) is 0 Å². The van der Waals surface area contributed by atoms with Crippen molar-refractivity contribution in [1.29, 1.82) is 0 Å². The van der Waals surface area contributed by atoms with Crippen LogP contribution in [0, 0.1) is 5.92 Å². The molecule has 1 saturated carbocycles. The summed E-state index contributed by atoms with van der Waals surface area (Å²) in [6.45, 7) is 0. The summed E-state index contributed by atoms with van der Waals surface area (Å²) in [6.07, 6.45) is 4.54. The van der Waals surface area contributed by atoms with Crippen molar-refractivity contribution >= 4 is 28.3 Å². The van der Waals surface area contributed by atoms with Crippen molar-refractivity contribution in [3.63, 3.8) is 0 Å². The standard InChI is InChI=1S/C20H22N2O3/c1-25-19(23)12-14-6-8-16(9-7-14)20(24)22-21-18-11-10-15-4-2-3-5-17(15)13-18/h2-5,10-13,16,21H,6-9H2,1H3,(H,22,24). The van der Waals surface area contributed by atoms with Crippen LogP contribution in [0.1, 0.15) is 25.7 Å². The zero-order chi connectivity index (χ0) is 17.6. The highest BCUT2D eigenvalue weighted by atomic mass is 16.5. The lowest BCUT2D eigenvalue weighted by Crippen LogP contribution is -2.36. The third kappa shape index (κ3) is 4.38. The van der Waals surface area contributed by atoms with Crippen LogP contribution < -0.4 is 10.9 Å². The van der Waals surface area contributed by atoms with Gasteiger partial charge in [-0.15, -0.1) is 0 Å². The molecule has 2 N–H and O–H groups in total. The summed E-state index contributed by atoms with van der Waals surface area (Å²) in [6, 6.07) is 14.1. The molecule has 2 aromatic rings. The Balaban J connectivity index is 1.52. The SMILES string of the molecule is COC(=O)C=C1CCC(C(=O)NNc2ccc3ccccc3c2)CC1. The molecule has 1 fully saturated rings. The largest absolute Gasteiger partial charge is 0.466 e. The maximum atomic E-state index is 12.3. The lowest BCUT2D eigenvalue weighted by atomic mass is 9.85. The van der Waals surface area contributed by atoms with Gasteiger partial charge in [-0.2, -0.15) is 0 Å². The fraction of sp³-hybridized carbons (Fsp3) is 0.300. The molecule has 1 amide bonds. The monoisotopic (exact) mass is 338 g/mol. The van der Waals surface area contributed by atoms with Crippen LogP contribution in [0.3, 0.4) is 0 Å². The van der Waals surface area contributed by atoms with Gasteiger partial charge in [-0.1, -0.05) is 35.9 Å². The van der Waals surface area contributed by atoms with E-state index in [0.717, 1.165) is 47.7 Å². The Labute approximate surface area is 147 Å². The number of anilines is 1. The number of nitrogens with one attached hydrogen (secondary N) is 2. The number of carbonyl (C=O) groups excluding carboxylic acids is 2. The van der Waals surface area contributed by atoms with Crippen LogP contribution >= 0.6 is 0 Å². The number of fused-ring (bicyclic) bond motifs is 1. The number of carbonyl (C=O) groups is 2. The highest BCUT2D eigenvalue weighted by molar-refractivity contribution is 5.86. The minimum Gasteiger partial charge on any atom is -0.466 e. The van der Waals surface area contributed by atoms with Gasteiger partial charge in [0.05, 0.1) is 12.8 Å². The van der Waals surface area contributed by atoms with E-state index < -0.39 is 0 Å². The highest BCUT2D eigenvalue weighted by Crippen LogP contribution is 2.28. The molecular weight excluding hydrogens is 316 g/mol. The molecule has 3 rings (SSSR count). The highest BCUT2D eigenvalue weighted by Gasteiger charge is 2.23. The topological polar surface area (TPSA) is 67.4 Å². The molecular formula is C20H22N2O3. The molecule has 0 radical (unpaired) electrons. The van der Waals surface area contributed by atoms with Crippen molar-refractivity contribution in [2.75, 3.05) is 12.5 Å². The van der Waals surface area contributed by atoms with Crippen LogP contribution in [0.25, 0.3) is 10.8 Å². The zero-order valence-corrected chi connectivity index (χ0v) is 14.2. The van der Waals surface area contributed by atoms with E-state index in [2.05, 4.69) is 21.7 Å². The van der Waals surface area contributed by atoms with Crippen LogP contribution in [0.5, 0.6) is 0 Å². The van der Waals surface area contributed by atoms with Gasteiger partial charge in [0.1, 0.15) is 0 Å². The average molecular weight is 338 g/mol. The van der Waals surface area contributed by atoms with Crippen molar-refractivity contribution in [2.24, 2.45) is 5.92 Å². The predicted octanol–water partition coefficient (Wildman–Crippen LogP) is 3.57. The van der Waals surface area contributed by atoms with Gasteiger partial charge < -0.3 is 4.74 Å². The van der Waals surface area contributed by atoms with Crippen LogP contribution in [0.15, 0.2) is 54.1 Å². The Morgan fingerprint density at radius 3 is 2.52 bits per heavy atom. The van der Waals surface area contributed by atoms with E-state index in [9.17, 15) is 9.59 Å². The predicted molar refractivity (Wildman–Crippen MR) is 97.8 cm³/mol. The second-order valence-electron chi connectivity index (χ2n) is 6.28. The first-order chi connectivity index (χ1) is 12.2. The molecule has 0 spiro atoms. The van der Waals surface area contributed by atoms with Gasteiger partial charge in [0.25, 0.3) is 0 Å². The molecule has 130 valence electrons. The number of methoxy groups -OCH3 is 1. The molecule has 1 aliphatic rings. The molecule has 5 nitrogen and oxygen atoms in total. The maximum Gasteiger partial charge on any atom is 0.330 e. The fourth-order valence-electron chi connectivity index (χ4n) is 3.12. The second kappa shape index (κ2) is 7.83. The number of rotatable bonds is 4. The number of allylic oxidation sites excluding steroid dienone is 1. The minimum absolute atomic E-state index is 0.00900. The van der Waals surface area contributed by atoms with Gasteiger partial charge in [-0.3, -0.25) is 15.6 Å². The van der Waals surface area contributed by atoms with E-state index in [4.69, 9.17) is 0 Å². The van der Waals surface area contributed by atoms with Crippen LogP contribution in [-0.2, 0) is 14.3 Å². The average Bonchev–Trinajstić information content (AvgIpc) is 2.66. The normalized spacial score (nSPS) is 17.0. The summed E-state index contributed by atoms with van der Waals surface area (Å²) in [7, 11) is 1.37. The van der Waals surface area contributed by atoms with Crippen molar-refractivity contribution in [3.05, 3.63) is 54.1 Å². The summed E-state index contributed by atoms with van der Waals surface area (Å²) in [5.74, 6) is -0.371. The minimum atomic E-state index is -0.323. The third-order valence-electron chi connectivity index (χ3n) is 4.60. The number of hydrogen-bond donors (Lipinski definition) is 2. The molecule has 5 heteroatoms. The Hall–Kier alpha value is -2.82. The van der Waals surface area contributed by atoms with Crippen LogP contribution in [0.4, 0.5) is 5.69 Å². The molecule has 0 unspecified atom stereocenters. The summed E-state index contributed by atoms with van der Waals surface area (Å²) in [4.78, 5) is 23.6. The first-order valence-corrected chi connectivity index (χ1v) is 8.48. The Morgan fingerprint density at radius 2 is 1.80 bits per heavy atom. The van der Waals surface area contributed by atoms with Crippen molar-refractivity contribution in [2.45, 2.75) is 25.7 Å². The molecule has 0 aliphatic heterocycles. The van der Waals surface area contributed by atoms with Gasteiger partial charge in [-0.05, 0) is 48.6 Å². The number of benzene rings is 2. The maximum absolute atomic E-state index is 12.3. The van der Waals surface area contributed by atoms with Crippen LogP contribution in [-0.4, -0.2) is 19.0 Å². The zero-order valence-electron chi connectivity index (χ0n) is 14.2. The summed E-state index contributed by atoms with van der Waals surface area (Å²) >= 11 is 0. The van der Waals surface area contributed by atoms with E-state index in [-0.39, 0.29) is 17.8 Å². The van der Waals surface area contributed by atoms with Crippen molar-refractivity contribution in [3.8, 4) is 0 Å². The van der Waals surface area contributed by atoms with E-state index in [1.54, 1.807) is 6.08 Å². The Bertz CT molecular complexity index is 803. The Morgan fingerprint density at radius 1 is 1.08 bits per heavy atom. The van der Waals surface area contributed by atoms with E-state index in [1.165, 1.54) is 7.11 Å². The van der Waals surface area contributed by atoms with Gasteiger partial charge in [0, 0.05) is 12.0 Å². The molecule has 0 atom stereocenters. The first-order valence-electron chi connectivity index (χ1n) is 8.48. The summed E-state index contributed by atoms with van der Waals surface area (Å²) in [5, 5.41) is 2.29. The lowest BCUT2D eigenvalue weighted by molar-refractivity contribution is -0.134. The number of hydrazine groups is 1. The summed E-state index contributed by atoms with van der Waals surface area (Å²) < 4.78 is 4.64. The third-order valence-corrected chi connectivity index (χ3v) is 4.60. The first kappa shape index (κ1) is 17.0. The smallest absolute Gasteiger partial charge is 0.330 e. The molecule has 0 bridgehead atoms. The fourth-order valence-corrected chi connectivity index (χ4v) is 3.12. The Kier molecular flexibility index (Phi) is 5.33. The van der Waals surface area contributed by atoms with Crippen LogP contribution in [0.2, 0.25) is 0 Å². The van der Waals surface area contributed by atoms with Crippen molar-refractivity contribution in [1.82, 2.24) is 5.43 Å².